The van der Waals surface area contributed by atoms with Crippen molar-refractivity contribution in [2.24, 2.45) is 0 Å². The molecule has 0 spiro atoms. The summed E-state index contributed by atoms with van der Waals surface area (Å²) in [7, 11) is 0. The van der Waals surface area contributed by atoms with Gasteiger partial charge in [-0.15, -0.1) is 0 Å². The summed E-state index contributed by atoms with van der Waals surface area (Å²) in [6, 6.07) is 0.979. The smallest absolute Gasteiger partial charge is 0.166 e. The van der Waals surface area contributed by atoms with Crippen molar-refractivity contribution in [2.45, 2.75) is 45.7 Å². The summed E-state index contributed by atoms with van der Waals surface area (Å²) in [6.45, 7) is 9.98. The Kier molecular flexibility index (Phi) is 5.32. The van der Waals surface area contributed by atoms with Gasteiger partial charge in [-0.2, -0.15) is 0 Å². The highest BCUT2D eigenvalue weighted by atomic mass is 32.1. The van der Waals surface area contributed by atoms with E-state index in [2.05, 4.69) is 36.3 Å². The zero-order valence-corrected chi connectivity index (χ0v) is 10.9. The van der Waals surface area contributed by atoms with E-state index in [0.717, 1.165) is 5.11 Å². The molecule has 0 saturated carbocycles. The van der Waals surface area contributed by atoms with Gasteiger partial charge in [-0.25, -0.2) is 0 Å². The summed E-state index contributed by atoms with van der Waals surface area (Å²) >= 11 is 5.23. The molecule has 1 aliphatic heterocycles. The second kappa shape index (κ2) is 6.28. The Hall–Kier alpha value is -0.350. The lowest BCUT2D eigenvalue weighted by molar-refractivity contribution is 0.215. The van der Waals surface area contributed by atoms with Crippen molar-refractivity contribution in [3.8, 4) is 0 Å². The molecule has 3 nitrogen and oxygen atoms in total. The molecule has 0 aromatic heterocycles. The summed E-state index contributed by atoms with van der Waals surface area (Å²) in [5.74, 6) is 0. The van der Waals surface area contributed by atoms with Crippen LogP contribution in [0.25, 0.3) is 0 Å². The molecule has 0 aliphatic carbocycles. The molecule has 0 bridgehead atoms. The number of rotatable bonds is 3. The van der Waals surface area contributed by atoms with Gasteiger partial charge in [0, 0.05) is 25.2 Å². The first kappa shape index (κ1) is 12.7. The number of hydrogen-bond acceptors (Lipinski definition) is 2. The van der Waals surface area contributed by atoms with Crippen molar-refractivity contribution in [3.05, 3.63) is 0 Å². The minimum absolute atomic E-state index is 0.417. The van der Waals surface area contributed by atoms with Crippen LogP contribution in [-0.4, -0.2) is 41.7 Å². The van der Waals surface area contributed by atoms with Crippen molar-refractivity contribution in [3.63, 3.8) is 0 Å². The Morgan fingerprint density at radius 3 is 2.47 bits per heavy atom. The second-order valence-electron chi connectivity index (χ2n) is 4.48. The lowest BCUT2D eigenvalue weighted by Crippen LogP contribution is -2.48. The van der Waals surface area contributed by atoms with Crippen LogP contribution in [0.1, 0.15) is 33.6 Å². The fourth-order valence-corrected chi connectivity index (χ4v) is 2.29. The van der Waals surface area contributed by atoms with Crippen molar-refractivity contribution < 1.29 is 0 Å². The van der Waals surface area contributed by atoms with E-state index in [0.29, 0.717) is 12.1 Å². The van der Waals surface area contributed by atoms with E-state index >= 15 is 0 Å². The Balaban J connectivity index is 2.20. The second-order valence-corrected chi connectivity index (χ2v) is 4.89. The van der Waals surface area contributed by atoms with Gasteiger partial charge in [0.15, 0.2) is 5.11 Å². The standard InChI is InChI=1S/C11H23N3S/c1-4-14-7-5-10(6-8-14)13-11(15)12-9(2)3/h9-10H,4-8H2,1-3H3,(H2,12,13,15). The van der Waals surface area contributed by atoms with Crippen LogP contribution in [0.2, 0.25) is 0 Å². The molecule has 0 aromatic rings. The van der Waals surface area contributed by atoms with Crippen molar-refractivity contribution in [1.82, 2.24) is 15.5 Å². The van der Waals surface area contributed by atoms with E-state index in [-0.39, 0.29) is 0 Å². The Morgan fingerprint density at radius 1 is 1.40 bits per heavy atom. The third-order valence-corrected chi connectivity index (χ3v) is 3.03. The maximum atomic E-state index is 5.23. The first-order valence-electron chi connectivity index (χ1n) is 5.91. The molecule has 0 radical (unpaired) electrons. The fourth-order valence-electron chi connectivity index (χ4n) is 1.88. The highest BCUT2D eigenvalue weighted by molar-refractivity contribution is 7.80. The Morgan fingerprint density at radius 2 is 2.00 bits per heavy atom. The monoisotopic (exact) mass is 229 g/mol. The molecule has 1 saturated heterocycles. The maximum Gasteiger partial charge on any atom is 0.166 e. The van der Waals surface area contributed by atoms with Crippen LogP contribution in [0.5, 0.6) is 0 Å². The molecular weight excluding hydrogens is 206 g/mol. The third-order valence-electron chi connectivity index (χ3n) is 2.79. The van der Waals surface area contributed by atoms with Gasteiger partial charge in [0.05, 0.1) is 0 Å². The summed E-state index contributed by atoms with van der Waals surface area (Å²) in [5, 5.41) is 7.42. The maximum absolute atomic E-state index is 5.23. The molecule has 1 rings (SSSR count). The minimum Gasteiger partial charge on any atom is -0.361 e. The molecule has 0 atom stereocenters. The molecule has 1 fully saturated rings. The van der Waals surface area contributed by atoms with E-state index in [1.165, 1.54) is 32.5 Å². The summed E-state index contributed by atoms with van der Waals surface area (Å²) in [4.78, 5) is 2.48. The first-order valence-corrected chi connectivity index (χ1v) is 6.32. The Bertz CT molecular complexity index is 198. The van der Waals surface area contributed by atoms with Gasteiger partial charge >= 0.3 is 0 Å². The number of piperidine rings is 1. The molecule has 1 heterocycles. The molecule has 0 unspecified atom stereocenters. The zero-order chi connectivity index (χ0) is 11.3. The lowest BCUT2D eigenvalue weighted by atomic mass is 10.1. The van der Waals surface area contributed by atoms with Crippen molar-refractivity contribution in [1.29, 1.82) is 0 Å². The van der Waals surface area contributed by atoms with Gasteiger partial charge in [0.1, 0.15) is 0 Å². The predicted octanol–water partition coefficient (Wildman–Crippen LogP) is 1.34. The van der Waals surface area contributed by atoms with Crippen LogP contribution in [0.15, 0.2) is 0 Å². The average Bonchev–Trinajstić information content (AvgIpc) is 2.17. The predicted molar refractivity (Wildman–Crippen MR) is 69.1 cm³/mol. The van der Waals surface area contributed by atoms with E-state index in [1.54, 1.807) is 0 Å². The number of thiocarbonyl (C=S) groups is 1. The van der Waals surface area contributed by atoms with Crippen molar-refractivity contribution in [2.75, 3.05) is 19.6 Å². The van der Waals surface area contributed by atoms with E-state index in [9.17, 15) is 0 Å². The van der Waals surface area contributed by atoms with Gasteiger partial charge in [-0.05, 0) is 45.5 Å². The van der Waals surface area contributed by atoms with Crippen LogP contribution in [0.4, 0.5) is 0 Å². The van der Waals surface area contributed by atoms with Crippen LogP contribution < -0.4 is 10.6 Å². The number of nitrogens with one attached hydrogen (secondary N) is 2. The van der Waals surface area contributed by atoms with E-state index in [4.69, 9.17) is 12.2 Å². The number of hydrogen-bond donors (Lipinski definition) is 2. The van der Waals surface area contributed by atoms with Crippen molar-refractivity contribution >= 4 is 17.3 Å². The Labute approximate surface area is 98.6 Å². The van der Waals surface area contributed by atoms with Gasteiger partial charge < -0.3 is 15.5 Å². The quantitative estimate of drug-likeness (QED) is 0.714. The van der Waals surface area contributed by atoms with Crippen LogP contribution >= 0.6 is 12.2 Å². The molecule has 4 heteroatoms. The highest BCUT2D eigenvalue weighted by Gasteiger charge is 2.18. The van der Waals surface area contributed by atoms with Crippen LogP contribution in [0.3, 0.4) is 0 Å². The topological polar surface area (TPSA) is 27.3 Å². The van der Waals surface area contributed by atoms with Crippen LogP contribution in [0, 0.1) is 0 Å². The third kappa shape index (κ3) is 4.80. The number of nitrogens with zero attached hydrogens (tertiary/aromatic N) is 1. The molecule has 15 heavy (non-hydrogen) atoms. The highest BCUT2D eigenvalue weighted by Crippen LogP contribution is 2.09. The average molecular weight is 229 g/mol. The van der Waals surface area contributed by atoms with E-state index in [1.807, 2.05) is 0 Å². The minimum atomic E-state index is 0.417. The molecular formula is C11H23N3S. The largest absolute Gasteiger partial charge is 0.361 e. The summed E-state index contributed by atoms with van der Waals surface area (Å²) in [5.41, 5.74) is 0. The lowest BCUT2D eigenvalue weighted by Gasteiger charge is -2.32. The molecule has 1 aliphatic rings. The fraction of sp³-hybridized carbons (Fsp3) is 0.909. The molecule has 0 aromatic carbocycles. The van der Waals surface area contributed by atoms with E-state index < -0.39 is 0 Å². The summed E-state index contributed by atoms with van der Waals surface area (Å²) < 4.78 is 0. The number of likely N-dealkylation sites (tertiary alicyclic amines) is 1. The van der Waals surface area contributed by atoms with Gasteiger partial charge in [-0.3, -0.25) is 0 Å². The molecule has 88 valence electrons. The van der Waals surface area contributed by atoms with Crippen LogP contribution in [-0.2, 0) is 0 Å². The molecule has 2 N–H and O–H groups in total. The molecule has 0 amide bonds. The first-order chi connectivity index (χ1) is 7.11. The SMILES string of the molecule is CCN1CCC(NC(=S)NC(C)C)CC1. The van der Waals surface area contributed by atoms with Gasteiger partial charge in [0.2, 0.25) is 0 Å². The summed E-state index contributed by atoms with van der Waals surface area (Å²) in [6.07, 6.45) is 2.40. The van der Waals surface area contributed by atoms with Gasteiger partial charge in [0.25, 0.3) is 0 Å². The zero-order valence-electron chi connectivity index (χ0n) is 10.0. The van der Waals surface area contributed by atoms with Gasteiger partial charge in [-0.1, -0.05) is 6.92 Å². The normalized spacial score (nSPS) is 19.2.